The molecule has 7 nitrogen and oxygen atoms in total. The van der Waals surface area contributed by atoms with Crippen LogP contribution in [0.4, 0.5) is 4.79 Å². The normalized spacial score (nSPS) is 18.5. The van der Waals surface area contributed by atoms with Crippen LogP contribution in [0.1, 0.15) is 67.7 Å². The molecule has 0 aromatic heterocycles. The van der Waals surface area contributed by atoms with Crippen LogP contribution in [0.15, 0.2) is 0 Å². The van der Waals surface area contributed by atoms with E-state index in [0.717, 1.165) is 19.3 Å². The summed E-state index contributed by atoms with van der Waals surface area (Å²) in [6, 6.07) is -0.240. The van der Waals surface area contributed by atoms with Crippen molar-refractivity contribution in [2.24, 2.45) is 5.41 Å². The molecular weight excluding hydrogens is 348 g/mol. The number of hydrogen-bond donors (Lipinski definition) is 0. The zero-order valence-electron chi connectivity index (χ0n) is 18.0. The fourth-order valence-corrected chi connectivity index (χ4v) is 3.01. The largest absolute Gasteiger partial charge is 0.465 e. The van der Waals surface area contributed by atoms with Gasteiger partial charge >= 0.3 is 12.1 Å². The highest BCUT2D eigenvalue weighted by molar-refractivity contribution is 5.86. The molecule has 1 unspecified atom stereocenters. The van der Waals surface area contributed by atoms with E-state index in [0.29, 0.717) is 13.1 Å². The highest BCUT2D eigenvalue weighted by atomic mass is 16.6. The number of likely N-dealkylation sites (tertiary alicyclic amines) is 1. The molecule has 0 aromatic carbocycles. The van der Waals surface area contributed by atoms with E-state index >= 15 is 0 Å². The van der Waals surface area contributed by atoms with Crippen LogP contribution in [-0.4, -0.2) is 65.7 Å². The molecule has 1 fully saturated rings. The van der Waals surface area contributed by atoms with Crippen molar-refractivity contribution in [3.05, 3.63) is 0 Å². The van der Waals surface area contributed by atoms with Gasteiger partial charge in [0.15, 0.2) is 0 Å². The van der Waals surface area contributed by atoms with Gasteiger partial charge in [0, 0.05) is 18.5 Å². The van der Waals surface area contributed by atoms with Gasteiger partial charge in [0.05, 0.1) is 12.6 Å². The number of nitrogens with zero attached hydrogens (tertiary/aromatic N) is 2. The van der Waals surface area contributed by atoms with E-state index < -0.39 is 17.0 Å². The minimum absolute atomic E-state index is 0.100. The van der Waals surface area contributed by atoms with Gasteiger partial charge in [-0.15, -0.1) is 0 Å². The van der Waals surface area contributed by atoms with Crippen LogP contribution >= 0.6 is 0 Å². The Hall–Kier alpha value is -1.79. The summed E-state index contributed by atoms with van der Waals surface area (Å²) in [7, 11) is 0. The first-order valence-corrected chi connectivity index (χ1v) is 9.79. The van der Waals surface area contributed by atoms with Crippen LogP contribution in [0.3, 0.4) is 0 Å². The SMILES string of the molecule is CCOC(=O)CN(C(=O)C(C)(C)C)C1CCCCN(C(=O)OC(C)(C)C)C1. The maximum Gasteiger partial charge on any atom is 0.410 e. The average Bonchev–Trinajstić information content (AvgIpc) is 2.75. The summed E-state index contributed by atoms with van der Waals surface area (Å²) in [4.78, 5) is 40.9. The Morgan fingerprint density at radius 1 is 1.07 bits per heavy atom. The highest BCUT2D eigenvalue weighted by Gasteiger charge is 2.36. The first kappa shape index (κ1) is 23.2. The van der Waals surface area contributed by atoms with Crippen molar-refractivity contribution in [1.82, 2.24) is 9.80 Å². The Balaban J connectivity index is 3.02. The van der Waals surface area contributed by atoms with Gasteiger partial charge in [0.2, 0.25) is 5.91 Å². The first-order chi connectivity index (χ1) is 12.3. The van der Waals surface area contributed by atoms with Gasteiger partial charge in [-0.3, -0.25) is 9.59 Å². The molecule has 0 radical (unpaired) electrons. The minimum Gasteiger partial charge on any atom is -0.465 e. The van der Waals surface area contributed by atoms with Gasteiger partial charge in [-0.25, -0.2) is 4.79 Å². The zero-order chi connectivity index (χ0) is 20.8. The van der Waals surface area contributed by atoms with E-state index in [1.807, 2.05) is 41.5 Å². The molecule has 0 N–H and O–H groups in total. The second kappa shape index (κ2) is 9.42. The summed E-state index contributed by atoms with van der Waals surface area (Å²) >= 11 is 0. The Kier molecular flexibility index (Phi) is 8.11. The smallest absolute Gasteiger partial charge is 0.410 e. The molecule has 1 rings (SSSR count). The van der Waals surface area contributed by atoms with E-state index in [2.05, 4.69) is 0 Å². The summed E-state index contributed by atoms with van der Waals surface area (Å²) in [5.41, 5.74) is -1.21. The molecule has 0 aliphatic carbocycles. The molecular formula is C20H36N2O5. The van der Waals surface area contributed by atoms with E-state index in [1.54, 1.807) is 16.7 Å². The maximum atomic E-state index is 13.0. The molecule has 7 heteroatoms. The molecule has 0 spiro atoms. The highest BCUT2D eigenvalue weighted by Crippen LogP contribution is 2.24. The Morgan fingerprint density at radius 2 is 1.70 bits per heavy atom. The van der Waals surface area contributed by atoms with Gasteiger partial charge in [-0.05, 0) is 47.0 Å². The van der Waals surface area contributed by atoms with Gasteiger partial charge in [-0.2, -0.15) is 0 Å². The topological polar surface area (TPSA) is 76.2 Å². The molecule has 2 amide bonds. The molecule has 0 aromatic rings. The lowest BCUT2D eigenvalue weighted by Gasteiger charge is -2.37. The van der Waals surface area contributed by atoms with Crippen LogP contribution in [0.5, 0.6) is 0 Å². The van der Waals surface area contributed by atoms with Gasteiger partial charge in [0.25, 0.3) is 0 Å². The van der Waals surface area contributed by atoms with Crippen LogP contribution in [0, 0.1) is 5.41 Å². The lowest BCUT2D eigenvalue weighted by atomic mass is 9.93. The molecule has 1 aliphatic heterocycles. The number of esters is 1. The third-order valence-electron chi connectivity index (χ3n) is 4.25. The molecule has 1 heterocycles. The molecule has 27 heavy (non-hydrogen) atoms. The maximum absolute atomic E-state index is 13.0. The predicted molar refractivity (Wildman–Crippen MR) is 103 cm³/mol. The van der Waals surface area contributed by atoms with Crippen LogP contribution in [-0.2, 0) is 19.1 Å². The van der Waals surface area contributed by atoms with Gasteiger partial charge < -0.3 is 19.3 Å². The predicted octanol–water partition coefficient (Wildman–Crippen LogP) is 3.21. The van der Waals surface area contributed by atoms with E-state index in [9.17, 15) is 14.4 Å². The lowest BCUT2D eigenvalue weighted by Crippen LogP contribution is -2.53. The minimum atomic E-state index is -0.629. The third kappa shape index (κ3) is 7.77. The van der Waals surface area contributed by atoms with Crippen molar-refractivity contribution >= 4 is 18.0 Å². The fraction of sp³-hybridized carbons (Fsp3) is 0.850. The van der Waals surface area contributed by atoms with E-state index in [-0.39, 0.29) is 31.2 Å². The Bertz CT molecular complexity index is 533. The molecule has 156 valence electrons. The van der Waals surface area contributed by atoms with Crippen molar-refractivity contribution in [2.75, 3.05) is 26.2 Å². The number of amides is 2. The standard InChI is InChI=1S/C20H36N2O5/c1-8-26-16(23)14-22(17(24)19(2,3)4)15-11-9-10-12-21(13-15)18(25)27-20(5,6)7/h15H,8-14H2,1-7H3. The zero-order valence-corrected chi connectivity index (χ0v) is 18.0. The summed E-state index contributed by atoms with van der Waals surface area (Å²) in [6.45, 7) is 13.8. The molecule has 0 saturated carbocycles. The second-order valence-electron chi connectivity index (χ2n) is 9.06. The number of rotatable bonds is 4. The van der Waals surface area contributed by atoms with Gasteiger partial charge in [-0.1, -0.05) is 20.8 Å². The molecule has 1 atom stereocenters. The number of hydrogen-bond acceptors (Lipinski definition) is 5. The van der Waals surface area contributed by atoms with E-state index in [4.69, 9.17) is 9.47 Å². The number of carbonyl (C=O) groups is 3. The van der Waals surface area contributed by atoms with Crippen molar-refractivity contribution in [3.8, 4) is 0 Å². The molecule has 1 saturated heterocycles. The molecule has 1 aliphatic rings. The van der Waals surface area contributed by atoms with Crippen molar-refractivity contribution < 1.29 is 23.9 Å². The monoisotopic (exact) mass is 384 g/mol. The summed E-state index contributed by atoms with van der Waals surface area (Å²) < 4.78 is 10.6. The summed E-state index contributed by atoms with van der Waals surface area (Å²) in [5, 5.41) is 0. The lowest BCUT2D eigenvalue weighted by molar-refractivity contribution is -0.154. The Labute approximate surface area is 163 Å². The van der Waals surface area contributed by atoms with Crippen LogP contribution < -0.4 is 0 Å². The summed E-state index contributed by atoms with van der Waals surface area (Å²) in [5.74, 6) is -0.547. The average molecular weight is 385 g/mol. The van der Waals surface area contributed by atoms with Crippen molar-refractivity contribution in [3.63, 3.8) is 0 Å². The quantitative estimate of drug-likeness (QED) is 0.696. The number of carbonyl (C=O) groups excluding carboxylic acids is 3. The van der Waals surface area contributed by atoms with Crippen molar-refractivity contribution in [1.29, 1.82) is 0 Å². The van der Waals surface area contributed by atoms with Crippen LogP contribution in [0.2, 0.25) is 0 Å². The van der Waals surface area contributed by atoms with Crippen molar-refractivity contribution in [2.45, 2.75) is 79.4 Å². The Morgan fingerprint density at radius 3 is 2.22 bits per heavy atom. The van der Waals surface area contributed by atoms with E-state index in [1.165, 1.54) is 0 Å². The molecule has 0 bridgehead atoms. The van der Waals surface area contributed by atoms with Crippen LogP contribution in [0.25, 0.3) is 0 Å². The number of ether oxygens (including phenoxy) is 2. The fourth-order valence-electron chi connectivity index (χ4n) is 3.01. The first-order valence-electron chi connectivity index (χ1n) is 9.79. The third-order valence-corrected chi connectivity index (χ3v) is 4.25. The second-order valence-corrected chi connectivity index (χ2v) is 9.06. The summed E-state index contributed by atoms with van der Waals surface area (Å²) in [6.07, 6.45) is 2.07. The van der Waals surface area contributed by atoms with Gasteiger partial charge in [0.1, 0.15) is 12.1 Å².